The number of rotatable bonds is 7. The van der Waals surface area contributed by atoms with Gasteiger partial charge in [-0.3, -0.25) is 0 Å². The molecule has 0 atom stereocenters. The zero-order chi connectivity index (χ0) is 37.4. The second kappa shape index (κ2) is 14.0. The lowest BCUT2D eigenvalue weighted by Crippen LogP contribution is -2.04. The highest BCUT2D eigenvalue weighted by atomic mass is 15.1. The van der Waals surface area contributed by atoms with Crippen LogP contribution in [-0.4, -0.2) is 29.5 Å². The molecule has 56 heavy (non-hydrogen) atoms. The highest BCUT2D eigenvalue weighted by Crippen LogP contribution is 2.39. The monoisotopic (exact) mass is 718 g/mol. The fourth-order valence-electron chi connectivity index (χ4n) is 7.41. The Morgan fingerprint density at radius 3 is 1.41 bits per heavy atom. The molecule has 0 radical (unpaired) electrons. The van der Waals surface area contributed by atoms with Crippen molar-refractivity contribution in [2.24, 2.45) is 0 Å². The summed E-state index contributed by atoms with van der Waals surface area (Å²) in [5.41, 5.74) is 11.5. The van der Waals surface area contributed by atoms with Crippen molar-refractivity contribution in [1.29, 1.82) is 0 Å². The third-order valence-electron chi connectivity index (χ3n) is 10.1. The van der Waals surface area contributed by atoms with Gasteiger partial charge in [-0.1, -0.05) is 151 Å². The Morgan fingerprint density at radius 2 is 0.821 bits per heavy atom. The summed E-state index contributed by atoms with van der Waals surface area (Å²) in [6.45, 7) is 2.14. The molecule has 0 N–H and O–H groups in total. The van der Waals surface area contributed by atoms with Gasteiger partial charge < -0.3 is 4.57 Å². The molecule has 0 bridgehead atoms. The summed E-state index contributed by atoms with van der Waals surface area (Å²) in [6.07, 6.45) is 0. The second-order valence-corrected chi connectivity index (χ2v) is 13.8. The quantitative estimate of drug-likeness (QED) is 0.164. The molecule has 3 heterocycles. The maximum Gasteiger partial charge on any atom is 0.166 e. The van der Waals surface area contributed by atoms with Crippen LogP contribution in [0.15, 0.2) is 188 Å². The van der Waals surface area contributed by atoms with Crippen LogP contribution in [-0.2, 0) is 0 Å². The summed E-state index contributed by atoms with van der Waals surface area (Å²) in [5.74, 6) is 2.35. The van der Waals surface area contributed by atoms with Gasteiger partial charge in [0.2, 0.25) is 0 Å². The van der Waals surface area contributed by atoms with E-state index < -0.39 is 0 Å². The summed E-state index contributed by atoms with van der Waals surface area (Å²) in [5, 5.41) is 2.37. The molecule has 10 rings (SSSR count). The van der Waals surface area contributed by atoms with Crippen LogP contribution in [0.2, 0.25) is 0 Å². The largest absolute Gasteiger partial charge is 0.309 e. The Kier molecular flexibility index (Phi) is 8.26. The van der Waals surface area contributed by atoms with Crippen LogP contribution in [0.25, 0.3) is 95.6 Å². The van der Waals surface area contributed by atoms with E-state index >= 15 is 0 Å². The Morgan fingerprint density at radius 1 is 0.339 bits per heavy atom. The molecule has 0 aliphatic heterocycles. The van der Waals surface area contributed by atoms with Gasteiger partial charge in [0.1, 0.15) is 0 Å². The molecule has 0 fully saturated rings. The van der Waals surface area contributed by atoms with Crippen LogP contribution in [0.5, 0.6) is 0 Å². The van der Waals surface area contributed by atoms with Crippen molar-refractivity contribution < 1.29 is 0 Å². The van der Waals surface area contributed by atoms with Crippen molar-refractivity contribution in [2.45, 2.75) is 6.92 Å². The molecule has 0 unspecified atom stereocenters. The van der Waals surface area contributed by atoms with E-state index in [1.807, 2.05) is 97.1 Å². The minimum Gasteiger partial charge on any atom is -0.309 e. The molecule has 0 aliphatic carbocycles. The van der Waals surface area contributed by atoms with Crippen LogP contribution < -0.4 is 0 Å². The zero-order valence-corrected chi connectivity index (χ0v) is 30.6. The lowest BCUT2D eigenvalue weighted by molar-refractivity contribution is 1.06. The summed E-state index contributed by atoms with van der Waals surface area (Å²) < 4.78 is 2.33. The summed E-state index contributed by atoms with van der Waals surface area (Å²) in [7, 11) is 0. The average Bonchev–Trinajstić information content (AvgIpc) is 3.60. The molecule has 0 spiro atoms. The maximum absolute atomic E-state index is 5.23. The van der Waals surface area contributed by atoms with Crippen LogP contribution in [0.1, 0.15) is 5.56 Å². The van der Waals surface area contributed by atoms with Gasteiger partial charge in [0.25, 0.3) is 0 Å². The van der Waals surface area contributed by atoms with Gasteiger partial charge in [0.15, 0.2) is 23.3 Å². The first-order valence-electron chi connectivity index (χ1n) is 18.7. The molecule has 6 nitrogen and oxygen atoms in total. The Bertz CT molecular complexity index is 2900. The van der Waals surface area contributed by atoms with Crippen LogP contribution in [0.4, 0.5) is 0 Å². The maximum atomic E-state index is 5.23. The molecular weight excluding hydrogens is 685 g/mol. The Balaban J connectivity index is 1.27. The molecule has 6 heteroatoms. The molecule has 0 saturated heterocycles. The van der Waals surface area contributed by atoms with Crippen molar-refractivity contribution in [3.8, 4) is 73.8 Å². The van der Waals surface area contributed by atoms with E-state index in [0.29, 0.717) is 23.3 Å². The van der Waals surface area contributed by atoms with Gasteiger partial charge in [0.05, 0.1) is 28.1 Å². The van der Waals surface area contributed by atoms with Gasteiger partial charge in [-0.25, -0.2) is 24.9 Å². The van der Waals surface area contributed by atoms with Crippen molar-refractivity contribution >= 4 is 21.8 Å². The van der Waals surface area contributed by atoms with Crippen molar-refractivity contribution in [3.05, 3.63) is 194 Å². The number of hydrogen-bond acceptors (Lipinski definition) is 5. The number of aryl methyl sites for hydroxylation is 1. The lowest BCUT2D eigenvalue weighted by atomic mass is 10.0. The summed E-state index contributed by atoms with van der Waals surface area (Å²) in [6, 6.07) is 64.4. The van der Waals surface area contributed by atoms with Gasteiger partial charge in [-0.15, -0.1) is 0 Å². The zero-order valence-electron chi connectivity index (χ0n) is 30.6. The highest BCUT2D eigenvalue weighted by molar-refractivity contribution is 6.10. The Labute approximate surface area is 324 Å². The van der Waals surface area contributed by atoms with E-state index in [1.54, 1.807) is 0 Å². The predicted molar refractivity (Wildman–Crippen MR) is 227 cm³/mol. The third kappa shape index (κ3) is 6.09. The van der Waals surface area contributed by atoms with Gasteiger partial charge in [-0.05, 0) is 49.4 Å². The average molecular weight is 719 g/mol. The van der Waals surface area contributed by atoms with Crippen molar-refractivity contribution in [2.75, 3.05) is 0 Å². The summed E-state index contributed by atoms with van der Waals surface area (Å²) in [4.78, 5) is 25.9. The fourth-order valence-corrected chi connectivity index (χ4v) is 7.41. The topological polar surface area (TPSA) is 69.4 Å². The third-order valence-corrected chi connectivity index (χ3v) is 10.1. The van der Waals surface area contributed by atoms with E-state index in [9.17, 15) is 0 Å². The normalized spacial score (nSPS) is 11.3. The number of aromatic nitrogens is 6. The predicted octanol–water partition coefficient (Wildman–Crippen LogP) is 12.1. The van der Waals surface area contributed by atoms with Gasteiger partial charge in [-0.2, -0.15) is 0 Å². The molecule has 3 aromatic heterocycles. The fraction of sp³-hybridized carbons (Fsp3) is 0.0200. The van der Waals surface area contributed by atoms with Gasteiger partial charge >= 0.3 is 0 Å². The van der Waals surface area contributed by atoms with E-state index in [2.05, 4.69) is 102 Å². The molecule has 0 aliphatic rings. The standard InChI is InChI=1S/C50H34N6/c1-33-26-28-45-40(30-33)39-24-14-15-25-44(39)56(45)46-29-27-38(49-51-42(34-16-6-2-7-17-34)32-43(52-49)35-18-8-3-9-19-35)31-41(46)50-54-47(36-20-10-4-11-21-36)53-48(55-50)37-22-12-5-13-23-37/h2-32H,1H3. The van der Waals surface area contributed by atoms with Gasteiger partial charge in [0, 0.05) is 44.2 Å². The first-order chi connectivity index (χ1) is 27.7. The van der Waals surface area contributed by atoms with Crippen LogP contribution in [0, 0.1) is 6.92 Å². The lowest BCUT2D eigenvalue weighted by Gasteiger charge is -2.16. The molecular formula is C50H34N6. The van der Waals surface area contributed by atoms with Crippen LogP contribution >= 0.6 is 0 Å². The minimum atomic E-state index is 0.551. The smallest absolute Gasteiger partial charge is 0.166 e. The highest BCUT2D eigenvalue weighted by Gasteiger charge is 2.21. The molecule has 264 valence electrons. The SMILES string of the molecule is Cc1ccc2c(c1)c1ccccc1n2-c1ccc(-c2nc(-c3ccccc3)cc(-c3ccccc3)n2)cc1-c1nc(-c2ccccc2)nc(-c2ccccc2)n1. The van der Waals surface area contributed by atoms with Crippen molar-refractivity contribution in [3.63, 3.8) is 0 Å². The number of nitrogens with zero attached hydrogens (tertiary/aromatic N) is 6. The minimum absolute atomic E-state index is 0.551. The molecule has 0 amide bonds. The van der Waals surface area contributed by atoms with Crippen LogP contribution in [0.3, 0.4) is 0 Å². The van der Waals surface area contributed by atoms with Crippen molar-refractivity contribution in [1.82, 2.24) is 29.5 Å². The first kappa shape index (κ1) is 33.0. The number of benzene rings is 7. The van der Waals surface area contributed by atoms with E-state index in [-0.39, 0.29) is 0 Å². The van der Waals surface area contributed by atoms with E-state index in [1.165, 1.54) is 16.3 Å². The summed E-state index contributed by atoms with van der Waals surface area (Å²) >= 11 is 0. The Hall–Kier alpha value is -7.57. The molecule has 7 aromatic carbocycles. The number of hydrogen-bond donors (Lipinski definition) is 0. The van der Waals surface area contributed by atoms with E-state index in [0.717, 1.165) is 61.5 Å². The second-order valence-electron chi connectivity index (χ2n) is 13.8. The number of fused-ring (bicyclic) bond motifs is 3. The molecule has 0 saturated carbocycles. The molecule has 10 aromatic rings. The van der Waals surface area contributed by atoms with E-state index in [4.69, 9.17) is 24.9 Å². The number of para-hydroxylation sites is 1. The first-order valence-corrected chi connectivity index (χ1v) is 18.7.